The van der Waals surface area contributed by atoms with Gasteiger partial charge in [-0.3, -0.25) is 14.3 Å². The Kier molecular flexibility index (Phi) is 13.7. The summed E-state index contributed by atoms with van der Waals surface area (Å²) >= 11 is 3.54. The highest BCUT2D eigenvalue weighted by Gasteiger charge is 2.32. The van der Waals surface area contributed by atoms with Crippen molar-refractivity contribution in [2.24, 2.45) is 5.92 Å². The number of anilines is 1. The van der Waals surface area contributed by atoms with E-state index in [4.69, 9.17) is 9.90 Å². The summed E-state index contributed by atoms with van der Waals surface area (Å²) in [6.07, 6.45) is 0.798. The molecule has 0 aromatic heterocycles. The lowest BCUT2D eigenvalue weighted by Gasteiger charge is -2.29. The van der Waals surface area contributed by atoms with Gasteiger partial charge in [0.1, 0.15) is 5.82 Å². The second kappa shape index (κ2) is 17.2. The van der Waals surface area contributed by atoms with Gasteiger partial charge in [0, 0.05) is 5.92 Å². The molecule has 1 aliphatic heterocycles. The van der Waals surface area contributed by atoms with E-state index < -0.39 is 17.6 Å². The summed E-state index contributed by atoms with van der Waals surface area (Å²) in [4.78, 5) is 21.2. The molecule has 0 spiro atoms. The smallest absolute Gasteiger partial charge is 0.416 e. The first-order chi connectivity index (χ1) is 21.1. The zero-order valence-electron chi connectivity index (χ0n) is 24.5. The van der Waals surface area contributed by atoms with Crippen LogP contribution in [0, 0.1) is 11.7 Å². The Bertz CT molecular complexity index is 1350. The Hall–Kier alpha value is -3.41. The number of benzene rings is 3. The lowest BCUT2D eigenvalue weighted by molar-refractivity contribution is -0.137. The molecule has 3 aromatic rings. The third-order valence-electron chi connectivity index (χ3n) is 8.01. The molecule has 11 heteroatoms. The largest absolute Gasteiger partial charge is 0.483 e. The van der Waals surface area contributed by atoms with E-state index in [0.717, 1.165) is 56.5 Å². The first kappa shape index (κ1) is 35.1. The lowest BCUT2D eigenvalue weighted by Crippen LogP contribution is -2.28. The summed E-state index contributed by atoms with van der Waals surface area (Å²) in [6.45, 7) is 1.87. The number of amides is 1. The zero-order valence-corrected chi connectivity index (χ0v) is 25.4. The maximum absolute atomic E-state index is 14.2. The van der Waals surface area contributed by atoms with Crippen LogP contribution in [0.3, 0.4) is 0 Å². The predicted molar refractivity (Wildman–Crippen MR) is 168 cm³/mol. The summed E-state index contributed by atoms with van der Waals surface area (Å²) in [6, 6.07) is 19.5. The fraction of sp³-hybridized carbons (Fsp3) is 0.394. The molecule has 2 aliphatic rings. The van der Waals surface area contributed by atoms with Crippen molar-refractivity contribution in [1.29, 1.82) is 0 Å². The van der Waals surface area contributed by atoms with Crippen LogP contribution in [0.25, 0.3) is 11.1 Å². The Morgan fingerprint density at radius 2 is 1.59 bits per heavy atom. The van der Waals surface area contributed by atoms with Gasteiger partial charge in [-0.05, 0) is 105 Å². The van der Waals surface area contributed by atoms with Crippen molar-refractivity contribution in [3.05, 3.63) is 89.2 Å². The normalized spacial score (nSPS) is 18.6. The van der Waals surface area contributed by atoms with Gasteiger partial charge in [0.2, 0.25) is 5.91 Å². The molecule has 1 amide bonds. The fourth-order valence-electron chi connectivity index (χ4n) is 5.83. The number of rotatable bonds is 5. The van der Waals surface area contributed by atoms with E-state index in [1.165, 1.54) is 16.7 Å². The first-order valence-electron chi connectivity index (χ1n) is 14.6. The fourth-order valence-corrected chi connectivity index (χ4v) is 5.83. The zero-order chi connectivity index (χ0) is 32.1. The van der Waals surface area contributed by atoms with E-state index in [0.29, 0.717) is 24.8 Å². The summed E-state index contributed by atoms with van der Waals surface area (Å²) < 4.78 is 55.1. The summed E-state index contributed by atoms with van der Waals surface area (Å²) in [5.41, 5.74) is 3.62. The van der Waals surface area contributed by atoms with Gasteiger partial charge in [-0.2, -0.15) is 13.2 Å². The maximum atomic E-state index is 14.2. The second-order valence-corrected chi connectivity index (χ2v) is 11.3. The van der Waals surface area contributed by atoms with Crippen molar-refractivity contribution in [2.75, 3.05) is 25.5 Å². The van der Waals surface area contributed by atoms with Crippen LogP contribution in [0.4, 0.5) is 23.2 Å². The van der Waals surface area contributed by atoms with Gasteiger partial charge in [-0.25, -0.2) is 4.39 Å². The van der Waals surface area contributed by atoms with Gasteiger partial charge >= 0.3 is 6.18 Å². The van der Waals surface area contributed by atoms with E-state index in [9.17, 15) is 22.4 Å². The number of halogens is 4. The van der Waals surface area contributed by atoms with Crippen molar-refractivity contribution in [3.63, 3.8) is 0 Å². The molecular weight excluding hydrogens is 594 g/mol. The third-order valence-corrected chi connectivity index (χ3v) is 8.01. The molecule has 1 saturated carbocycles. The summed E-state index contributed by atoms with van der Waals surface area (Å²) in [7, 11) is 1.74. The highest BCUT2D eigenvalue weighted by molar-refractivity contribution is 7.78. The van der Waals surface area contributed by atoms with Crippen molar-refractivity contribution < 1.29 is 32.3 Å². The van der Waals surface area contributed by atoms with E-state index in [1.54, 1.807) is 7.05 Å². The average molecular weight is 634 g/mol. The van der Waals surface area contributed by atoms with Gasteiger partial charge in [0.15, 0.2) is 0 Å². The topological polar surface area (TPSA) is 90.5 Å². The van der Waals surface area contributed by atoms with Crippen LogP contribution in [0.1, 0.15) is 67.1 Å². The molecular formula is C33H39F4N3O3S. The second-order valence-electron chi connectivity index (χ2n) is 10.8. The average Bonchev–Trinajstić information content (AvgIpc) is 3.03. The molecule has 1 heterocycles. The predicted octanol–water partition coefficient (Wildman–Crippen LogP) is 7.64. The van der Waals surface area contributed by atoms with Crippen molar-refractivity contribution >= 4 is 30.9 Å². The van der Waals surface area contributed by atoms with Crippen LogP contribution in [0.5, 0.6) is 0 Å². The van der Waals surface area contributed by atoms with Crippen LogP contribution < -0.4 is 15.4 Å². The number of hydrogen-bond acceptors (Lipinski definition) is 5. The molecule has 2 atom stereocenters. The minimum Gasteiger partial charge on any atom is -0.483 e. The highest BCUT2D eigenvalue weighted by atomic mass is 32.1. The molecule has 4 N–H and O–H groups in total. The van der Waals surface area contributed by atoms with Crippen molar-refractivity contribution in [1.82, 2.24) is 10.0 Å². The minimum atomic E-state index is -4.63. The Morgan fingerprint density at radius 3 is 2.20 bits per heavy atom. The van der Waals surface area contributed by atoms with Gasteiger partial charge in [0.05, 0.1) is 11.3 Å². The number of carbonyl (C=O) groups excluding carboxylic acids is 1. The number of piperidine rings is 1. The van der Waals surface area contributed by atoms with Gasteiger partial charge in [-0.1, -0.05) is 67.8 Å². The maximum Gasteiger partial charge on any atom is 0.416 e. The quantitative estimate of drug-likeness (QED) is 0.113. The molecule has 2 fully saturated rings. The number of nitrogens with one attached hydrogen (secondary N) is 3. The van der Waals surface area contributed by atoms with E-state index in [2.05, 4.69) is 76.7 Å². The van der Waals surface area contributed by atoms with Gasteiger partial charge in [0.25, 0.3) is 6.47 Å². The molecule has 3 aromatic carbocycles. The highest BCUT2D eigenvalue weighted by Crippen LogP contribution is 2.38. The molecule has 44 heavy (non-hydrogen) atoms. The lowest BCUT2D eigenvalue weighted by atomic mass is 9.77. The van der Waals surface area contributed by atoms with E-state index in [-0.39, 0.29) is 29.9 Å². The monoisotopic (exact) mass is 633 g/mol. The van der Waals surface area contributed by atoms with Gasteiger partial charge in [-0.15, -0.1) is 0 Å². The van der Waals surface area contributed by atoms with E-state index in [1.807, 2.05) is 0 Å². The number of carboxylic acid groups (broad SMARTS) is 1. The first-order valence-corrected chi connectivity index (χ1v) is 15.0. The van der Waals surface area contributed by atoms with Crippen LogP contribution in [-0.4, -0.2) is 37.6 Å². The van der Waals surface area contributed by atoms with Crippen molar-refractivity contribution in [2.45, 2.75) is 56.5 Å². The standard InChI is InChI=1S/C31H32F4N2O.CH5NS.CH2O2/c32-28-19-27(31(33,34)35)11-12-29(28)37-30(38)26-6-2-5-25(18-26)21-9-7-20(8-10-21)23-3-1-4-24(17-23)22-13-15-36-16-14-22;1-2-3;2-1-3/h1,3-4,7-12,17,19,22,25-26,36H,2,5-6,13-16,18H2,(H,37,38);2-3H,1H3;1H,(H,2,3). The van der Waals surface area contributed by atoms with Crippen LogP contribution in [0.2, 0.25) is 0 Å². The van der Waals surface area contributed by atoms with Crippen LogP contribution >= 0.6 is 12.8 Å². The van der Waals surface area contributed by atoms with Crippen molar-refractivity contribution in [3.8, 4) is 11.1 Å². The Morgan fingerprint density at radius 1 is 0.932 bits per heavy atom. The Labute approximate surface area is 261 Å². The molecule has 0 bridgehead atoms. The minimum absolute atomic E-state index is 0.201. The molecule has 2 unspecified atom stereocenters. The number of alkyl halides is 3. The summed E-state index contributed by atoms with van der Waals surface area (Å²) in [5.74, 6) is -0.958. The number of thiol groups is 1. The molecule has 1 aliphatic carbocycles. The summed E-state index contributed by atoms with van der Waals surface area (Å²) in [5, 5.41) is 12.8. The SMILES string of the molecule is CNS.O=C(Nc1ccc(C(F)(F)F)cc1F)C1CCCC(c2ccc(-c3cccc(C4CCNCC4)c3)cc2)C1.O=CO. The van der Waals surface area contributed by atoms with Crippen LogP contribution in [0.15, 0.2) is 66.7 Å². The molecule has 5 rings (SSSR count). The molecule has 238 valence electrons. The molecule has 6 nitrogen and oxygen atoms in total. The Balaban J connectivity index is 0.000000816. The van der Waals surface area contributed by atoms with Crippen LogP contribution in [-0.2, 0) is 15.8 Å². The number of hydrogen-bond donors (Lipinski definition) is 5. The van der Waals surface area contributed by atoms with E-state index >= 15 is 0 Å². The van der Waals surface area contributed by atoms with Gasteiger partial charge < -0.3 is 15.7 Å². The number of carbonyl (C=O) groups is 2. The molecule has 1 saturated heterocycles. The third kappa shape index (κ3) is 10.1. The molecule has 0 radical (unpaired) electrons.